The molecule has 106 valence electrons. The van der Waals surface area contributed by atoms with Gasteiger partial charge in [-0.1, -0.05) is 23.2 Å². The minimum atomic E-state index is -0.472. The van der Waals surface area contributed by atoms with Crippen molar-refractivity contribution in [3.63, 3.8) is 0 Å². The highest BCUT2D eigenvalue weighted by Gasteiger charge is 2.20. The predicted octanol–water partition coefficient (Wildman–Crippen LogP) is -0.805. The van der Waals surface area contributed by atoms with E-state index in [9.17, 15) is 5.11 Å². The molecule has 0 bridgehead atoms. The lowest BCUT2D eigenvalue weighted by Gasteiger charge is -2.24. The van der Waals surface area contributed by atoms with E-state index in [2.05, 4.69) is 5.32 Å². The van der Waals surface area contributed by atoms with Gasteiger partial charge in [-0.3, -0.25) is 0 Å². The number of aliphatic hydroxyl groups is 1. The van der Waals surface area contributed by atoms with Crippen LogP contribution in [0.2, 0.25) is 10.0 Å². The van der Waals surface area contributed by atoms with Crippen LogP contribution < -0.4 is 15.0 Å². The number of benzene rings is 1. The minimum Gasteiger partial charge on any atom is -0.489 e. The summed E-state index contributed by atoms with van der Waals surface area (Å²) in [6, 6.07) is 5.08. The molecular formula is C13H20Cl2N2O2+2. The Morgan fingerprint density at radius 2 is 2.05 bits per heavy atom. The second-order valence-electron chi connectivity index (χ2n) is 4.86. The zero-order valence-corrected chi connectivity index (χ0v) is 12.3. The molecule has 4 nitrogen and oxygen atoms in total. The minimum absolute atomic E-state index is 0.258. The summed E-state index contributed by atoms with van der Waals surface area (Å²) in [4.78, 5) is 1.43. The van der Waals surface area contributed by atoms with Crippen LogP contribution >= 0.6 is 23.2 Å². The van der Waals surface area contributed by atoms with Crippen molar-refractivity contribution in [2.45, 2.75) is 6.10 Å². The molecular weight excluding hydrogens is 287 g/mol. The molecule has 1 fully saturated rings. The van der Waals surface area contributed by atoms with Gasteiger partial charge < -0.3 is 20.1 Å². The second kappa shape index (κ2) is 7.31. The summed E-state index contributed by atoms with van der Waals surface area (Å²) in [6.45, 7) is 5.43. The molecule has 1 aliphatic rings. The van der Waals surface area contributed by atoms with Crippen LogP contribution in [0.1, 0.15) is 0 Å². The molecule has 0 aliphatic carbocycles. The molecule has 1 saturated heterocycles. The monoisotopic (exact) mass is 306 g/mol. The number of piperazine rings is 1. The van der Waals surface area contributed by atoms with Crippen molar-refractivity contribution >= 4 is 23.2 Å². The van der Waals surface area contributed by atoms with Crippen LogP contribution in [-0.4, -0.2) is 50.5 Å². The highest BCUT2D eigenvalue weighted by atomic mass is 35.5. The Morgan fingerprint density at radius 1 is 1.32 bits per heavy atom. The highest BCUT2D eigenvalue weighted by molar-refractivity contribution is 6.35. The molecule has 0 radical (unpaired) electrons. The van der Waals surface area contributed by atoms with Crippen molar-refractivity contribution in [3.05, 3.63) is 28.2 Å². The first-order valence-corrected chi connectivity index (χ1v) is 7.32. The number of aliphatic hydroxyl groups excluding tert-OH is 1. The first-order chi connectivity index (χ1) is 9.15. The summed E-state index contributed by atoms with van der Waals surface area (Å²) in [5.41, 5.74) is 0. The Labute approximate surface area is 123 Å². The zero-order chi connectivity index (χ0) is 13.7. The van der Waals surface area contributed by atoms with Crippen molar-refractivity contribution in [2.75, 3.05) is 39.3 Å². The number of hydrogen-bond acceptors (Lipinski definition) is 2. The number of nitrogens with two attached hydrogens (primary N) is 1. The van der Waals surface area contributed by atoms with Gasteiger partial charge >= 0.3 is 0 Å². The molecule has 6 heteroatoms. The summed E-state index contributed by atoms with van der Waals surface area (Å²) < 4.78 is 5.53. The first-order valence-electron chi connectivity index (χ1n) is 6.56. The third kappa shape index (κ3) is 4.82. The van der Waals surface area contributed by atoms with Crippen LogP contribution in [0.15, 0.2) is 18.2 Å². The van der Waals surface area contributed by atoms with E-state index in [4.69, 9.17) is 27.9 Å². The molecule has 19 heavy (non-hydrogen) atoms. The first kappa shape index (κ1) is 14.9. The zero-order valence-electron chi connectivity index (χ0n) is 10.7. The SMILES string of the molecule is O[C@@H](COc1ccc(Cl)cc1Cl)C[NH+]1CC[NH2+]CC1. The third-order valence-corrected chi connectivity index (χ3v) is 3.78. The number of nitrogens with one attached hydrogen (secondary N) is 1. The van der Waals surface area contributed by atoms with Gasteiger partial charge in [-0.25, -0.2) is 0 Å². The summed E-state index contributed by atoms with van der Waals surface area (Å²) >= 11 is 11.8. The molecule has 0 aromatic heterocycles. The van der Waals surface area contributed by atoms with E-state index >= 15 is 0 Å². The topological polar surface area (TPSA) is 50.5 Å². The quantitative estimate of drug-likeness (QED) is 0.667. The molecule has 2 rings (SSSR count). The molecule has 0 amide bonds. The lowest BCUT2D eigenvalue weighted by Crippen LogP contribution is -3.21. The van der Waals surface area contributed by atoms with Crippen LogP contribution in [0.3, 0.4) is 0 Å². The van der Waals surface area contributed by atoms with Gasteiger partial charge in [-0.2, -0.15) is 0 Å². The van der Waals surface area contributed by atoms with Gasteiger partial charge in [-0.15, -0.1) is 0 Å². The van der Waals surface area contributed by atoms with E-state index < -0.39 is 6.10 Å². The van der Waals surface area contributed by atoms with E-state index in [1.807, 2.05) is 0 Å². The van der Waals surface area contributed by atoms with Crippen LogP contribution in [0.4, 0.5) is 0 Å². The molecule has 1 aliphatic heterocycles. The Morgan fingerprint density at radius 3 is 2.74 bits per heavy atom. The van der Waals surface area contributed by atoms with Gasteiger partial charge in [0.25, 0.3) is 0 Å². The van der Waals surface area contributed by atoms with Gasteiger partial charge in [0.15, 0.2) is 0 Å². The number of rotatable bonds is 5. The number of ether oxygens (including phenoxy) is 1. The van der Waals surface area contributed by atoms with Crippen molar-refractivity contribution in [1.82, 2.24) is 0 Å². The highest BCUT2D eigenvalue weighted by Crippen LogP contribution is 2.27. The van der Waals surface area contributed by atoms with Crippen molar-refractivity contribution in [1.29, 1.82) is 0 Å². The van der Waals surface area contributed by atoms with Crippen LogP contribution in [0, 0.1) is 0 Å². The maximum Gasteiger partial charge on any atom is 0.138 e. The summed E-state index contributed by atoms with van der Waals surface area (Å²) in [5.74, 6) is 0.562. The Hall–Kier alpha value is -0.520. The molecule has 0 unspecified atom stereocenters. The van der Waals surface area contributed by atoms with E-state index in [0.29, 0.717) is 15.8 Å². The largest absolute Gasteiger partial charge is 0.489 e. The molecule has 4 N–H and O–H groups in total. The Balaban J connectivity index is 1.77. The Bertz CT molecular complexity index is 412. The van der Waals surface area contributed by atoms with Crippen LogP contribution in [0.25, 0.3) is 0 Å². The van der Waals surface area contributed by atoms with E-state index in [-0.39, 0.29) is 6.61 Å². The third-order valence-electron chi connectivity index (χ3n) is 3.25. The van der Waals surface area contributed by atoms with Gasteiger partial charge in [0.1, 0.15) is 51.2 Å². The van der Waals surface area contributed by atoms with Crippen molar-refractivity contribution in [3.8, 4) is 5.75 Å². The normalized spacial score (nSPS) is 18.3. The van der Waals surface area contributed by atoms with Crippen molar-refractivity contribution < 1.29 is 20.1 Å². The van der Waals surface area contributed by atoms with E-state index in [1.165, 1.54) is 4.90 Å². The fourth-order valence-electron chi connectivity index (χ4n) is 2.26. The van der Waals surface area contributed by atoms with Gasteiger partial charge in [0, 0.05) is 5.02 Å². The fourth-order valence-corrected chi connectivity index (χ4v) is 2.72. The molecule has 1 aromatic rings. The van der Waals surface area contributed by atoms with Crippen molar-refractivity contribution in [2.24, 2.45) is 0 Å². The van der Waals surface area contributed by atoms with Gasteiger partial charge in [0.05, 0.1) is 5.02 Å². The molecule has 1 heterocycles. The maximum atomic E-state index is 9.98. The average molecular weight is 307 g/mol. The standard InChI is InChI=1S/C13H18Cl2N2O2/c14-10-1-2-13(12(15)7-10)19-9-11(18)8-17-5-3-16-4-6-17/h1-2,7,11,16,18H,3-6,8-9H2/p+2/t11-/m1/s1. The van der Waals surface area contributed by atoms with E-state index in [0.717, 1.165) is 32.7 Å². The predicted molar refractivity (Wildman–Crippen MR) is 75.2 cm³/mol. The molecule has 0 spiro atoms. The maximum absolute atomic E-state index is 9.98. The van der Waals surface area contributed by atoms with Gasteiger partial charge in [-0.05, 0) is 18.2 Å². The molecule has 1 atom stereocenters. The fraction of sp³-hybridized carbons (Fsp3) is 0.538. The average Bonchev–Trinajstić information content (AvgIpc) is 2.39. The van der Waals surface area contributed by atoms with E-state index in [1.54, 1.807) is 18.2 Å². The summed E-state index contributed by atoms with van der Waals surface area (Å²) in [5, 5.41) is 13.3. The number of hydrogen-bond donors (Lipinski definition) is 3. The summed E-state index contributed by atoms with van der Waals surface area (Å²) in [7, 11) is 0. The van der Waals surface area contributed by atoms with Gasteiger partial charge in [0.2, 0.25) is 0 Å². The Kier molecular flexibility index (Phi) is 5.73. The molecule has 0 saturated carbocycles. The number of quaternary nitrogens is 2. The molecule has 1 aromatic carbocycles. The number of halogens is 2. The van der Waals surface area contributed by atoms with Crippen LogP contribution in [0.5, 0.6) is 5.75 Å². The lowest BCUT2D eigenvalue weighted by molar-refractivity contribution is -0.949. The van der Waals surface area contributed by atoms with Crippen LogP contribution in [-0.2, 0) is 0 Å². The lowest BCUT2D eigenvalue weighted by atomic mass is 10.3. The smallest absolute Gasteiger partial charge is 0.138 e. The summed E-state index contributed by atoms with van der Waals surface area (Å²) in [6.07, 6.45) is -0.472. The second-order valence-corrected chi connectivity index (χ2v) is 5.70.